The number of hydrogen-bond donors (Lipinski definition) is 3. The van der Waals surface area contributed by atoms with Crippen LogP contribution in [0.1, 0.15) is 19.8 Å². The van der Waals surface area contributed by atoms with Crippen molar-refractivity contribution in [3.05, 3.63) is 0 Å². The number of carboxylic acid groups (broad SMARTS) is 1. The van der Waals surface area contributed by atoms with E-state index in [9.17, 15) is 9.59 Å². The summed E-state index contributed by atoms with van der Waals surface area (Å²) in [7, 11) is 0. The maximum absolute atomic E-state index is 11.1. The molecule has 88 valence electrons. The highest BCUT2D eigenvalue weighted by Gasteiger charge is 2.05. The molecule has 0 heterocycles. The number of amides is 1. The topological polar surface area (TPSA) is 86.6 Å². The maximum Gasteiger partial charge on any atom is 0.303 e. The Morgan fingerprint density at radius 1 is 1.47 bits per heavy atom. The van der Waals surface area contributed by atoms with E-state index in [1.807, 2.05) is 6.92 Å². The van der Waals surface area contributed by atoms with Crippen molar-refractivity contribution in [3.8, 4) is 0 Å². The monoisotopic (exact) mass is 235 g/mol. The smallest absolute Gasteiger partial charge is 0.303 e. The summed E-state index contributed by atoms with van der Waals surface area (Å²) in [6.07, 6.45) is 0.516. The number of aliphatic carboxylic acids is 1. The van der Waals surface area contributed by atoms with E-state index in [0.717, 1.165) is 0 Å². The summed E-state index contributed by atoms with van der Waals surface area (Å²) in [5.74, 6) is -0.673. The molecular weight excluding hydrogens is 218 g/mol. The molecule has 3 N–H and O–H groups in total. The first kappa shape index (κ1) is 14.2. The lowest BCUT2D eigenvalue weighted by molar-refractivity contribution is -0.137. The van der Waals surface area contributed by atoms with Gasteiger partial charge >= 0.3 is 5.97 Å². The number of carboxylic acids is 1. The van der Waals surface area contributed by atoms with Crippen molar-refractivity contribution in [2.45, 2.75) is 25.0 Å². The van der Waals surface area contributed by atoms with Crippen LogP contribution in [0, 0.1) is 0 Å². The average Bonchev–Trinajstić information content (AvgIpc) is 2.20. The summed E-state index contributed by atoms with van der Waals surface area (Å²) in [5, 5.41) is 19.7. The lowest BCUT2D eigenvalue weighted by Crippen LogP contribution is -2.27. The molecule has 0 spiro atoms. The quantitative estimate of drug-likeness (QED) is 0.519. The van der Waals surface area contributed by atoms with Crippen molar-refractivity contribution in [2.75, 3.05) is 18.9 Å². The Morgan fingerprint density at radius 3 is 2.67 bits per heavy atom. The second-order valence-corrected chi connectivity index (χ2v) is 4.58. The van der Waals surface area contributed by atoms with Crippen LogP contribution >= 0.6 is 11.8 Å². The molecular formula is C9H17NO4S. The third kappa shape index (κ3) is 9.55. The van der Waals surface area contributed by atoms with Gasteiger partial charge in [-0.1, -0.05) is 6.92 Å². The second kappa shape index (κ2) is 8.55. The fourth-order valence-electron chi connectivity index (χ4n) is 0.789. The van der Waals surface area contributed by atoms with E-state index < -0.39 is 5.97 Å². The molecule has 0 saturated heterocycles. The highest BCUT2D eigenvalue weighted by Crippen LogP contribution is 2.08. The summed E-state index contributed by atoms with van der Waals surface area (Å²) in [6, 6.07) is 0. The van der Waals surface area contributed by atoms with Gasteiger partial charge in [0.15, 0.2) is 0 Å². The van der Waals surface area contributed by atoms with Gasteiger partial charge in [0.1, 0.15) is 0 Å². The predicted molar refractivity (Wildman–Crippen MR) is 58.9 cm³/mol. The third-order valence-corrected chi connectivity index (χ3v) is 2.79. The van der Waals surface area contributed by atoms with Crippen LogP contribution in [0.4, 0.5) is 0 Å². The minimum atomic E-state index is -0.854. The number of hydrogen-bond acceptors (Lipinski definition) is 4. The maximum atomic E-state index is 11.1. The van der Waals surface area contributed by atoms with E-state index in [-0.39, 0.29) is 24.2 Å². The number of aliphatic hydroxyl groups is 1. The van der Waals surface area contributed by atoms with Crippen molar-refractivity contribution in [1.82, 2.24) is 5.32 Å². The van der Waals surface area contributed by atoms with Crippen LogP contribution in [0.3, 0.4) is 0 Å². The Balaban J connectivity index is 3.37. The van der Waals surface area contributed by atoms with Gasteiger partial charge in [-0.2, -0.15) is 0 Å². The lowest BCUT2D eigenvalue weighted by atomic mass is 10.3. The molecule has 0 aliphatic carbocycles. The minimum Gasteiger partial charge on any atom is -0.481 e. The molecule has 0 aromatic carbocycles. The van der Waals surface area contributed by atoms with Crippen molar-refractivity contribution in [3.63, 3.8) is 0 Å². The van der Waals surface area contributed by atoms with E-state index in [1.165, 1.54) is 11.8 Å². The molecule has 15 heavy (non-hydrogen) atoms. The van der Waals surface area contributed by atoms with Gasteiger partial charge in [-0.15, -0.1) is 11.8 Å². The van der Waals surface area contributed by atoms with Gasteiger partial charge in [-0.3, -0.25) is 9.59 Å². The van der Waals surface area contributed by atoms with E-state index >= 15 is 0 Å². The number of carbonyl (C=O) groups excluding carboxylic acids is 1. The fraction of sp³-hybridized carbons (Fsp3) is 0.778. The molecule has 1 atom stereocenters. The van der Waals surface area contributed by atoms with Gasteiger partial charge < -0.3 is 15.5 Å². The summed E-state index contributed by atoms with van der Waals surface area (Å²) >= 11 is 1.37. The minimum absolute atomic E-state index is 0.0507. The molecule has 0 bridgehead atoms. The first-order valence-corrected chi connectivity index (χ1v) is 5.82. The highest BCUT2D eigenvalue weighted by molar-refractivity contribution is 8.00. The summed E-state index contributed by atoms with van der Waals surface area (Å²) in [6.45, 7) is 2.28. The number of rotatable bonds is 8. The Bertz CT molecular complexity index is 210. The Morgan fingerprint density at radius 2 is 2.13 bits per heavy atom. The highest BCUT2D eigenvalue weighted by atomic mass is 32.2. The number of carbonyl (C=O) groups is 2. The van der Waals surface area contributed by atoms with Gasteiger partial charge in [0.25, 0.3) is 0 Å². The second-order valence-electron chi connectivity index (χ2n) is 3.15. The van der Waals surface area contributed by atoms with Crippen molar-refractivity contribution < 1.29 is 19.8 Å². The predicted octanol–water partition coefficient (Wildman–Crippen LogP) is 0.0814. The largest absolute Gasteiger partial charge is 0.481 e. The summed E-state index contributed by atoms with van der Waals surface area (Å²) in [4.78, 5) is 21.3. The van der Waals surface area contributed by atoms with Gasteiger partial charge in [-0.25, -0.2) is 0 Å². The first-order valence-electron chi connectivity index (χ1n) is 4.77. The van der Waals surface area contributed by atoms with Crippen LogP contribution in [0.25, 0.3) is 0 Å². The van der Waals surface area contributed by atoms with Crippen molar-refractivity contribution >= 4 is 23.6 Å². The van der Waals surface area contributed by atoms with Crippen LogP contribution < -0.4 is 5.32 Å². The molecule has 1 unspecified atom stereocenters. The van der Waals surface area contributed by atoms with Crippen LogP contribution in [-0.4, -0.2) is 46.2 Å². The Kier molecular flexibility index (Phi) is 8.12. The van der Waals surface area contributed by atoms with Crippen LogP contribution in [0.2, 0.25) is 0 Å². The molecule has 0 aliphatic heterocycles. The lowest BCUT2D eigenvalue weighted by Gasteiger charge is -2.07. The zero-order valence-corrected chi connectivity index (χ0v) is 9.55. The molecule has 0 radical (unpaired) electrons. The van der Waals surface area contributed by atoms with Gasteiger partial charge in [0.05, 0.1) is 12.4 Å². The summed E-state index contributed by atoms with van der Waals surface area (Å²) < 4.78 is 0. The molecule has 0 aromatic heterocycles. The Hall–Kier alpha value is -0.750. The Labute approximate surface area is 93.2 Å². The van der Waals surface area contributed by atoms with Gasteiger partial charge in [0, 0.05) is 18.2 Å². The van der Waals surface area contributed by atoms with Crippen molar-refractivity contribution in [1.29, 1.82) is 0 Å². The number of thioether (sulfide) groups is 1. The molecule has 1 amide bonds. The molecule has 6 heteroatoms. The van der Waals surface area contributed by atoms with Crippen molar-refractivity contribution in [2.24, 2.45) is 0 Å². The van der Waals surface area contributed by atoms with E-state index in [0.29, 0.717) is 18.7 Å². The average molecular weight is 235 g/mol. The fourth-order valence-corrected chi connectivity index (χ4v) is 1.43. The van der Waals surface area contributed by atoms with Gasteiger partial charge in [0.2, 0.25) is 5.91 Å². The molecule has 0 aromatic rings. The van der Waals surface area contributed by atoms with Gasteiger partial charge in [-0.05, 0) is 6.42 Å². The summed E-state index contributed by atoms with van der Waals surface area (Å²) in [5.41, 5.74) is 0. The van der Waals surface area contributed by atoms with E-state index in [2.05, 4.69) is 5.32 Å². The zero-order chi connectivity index (χ0) is 11.7. The van der Waals surface area contributed by atoms with Crippen LogP contribution in [0.5, 0.6) is 0 Å². The van der Waals surface area contributed by atoms with E-state index in [4.69, 9.17) is 10.2 Å². The number of aliphatic hydroxyl groups excluding tert-OH is 1. The van der Waals surface area contributed by atoms with Crippen LogP contribution in [-0.2, 0) is 9.59 Å². The standard InChI is InChI=1S/C9H17NO4S/c1-7(5-11)15-6-8(12)10-4-2-3-9(13)14/h7,11H,2-6H2,1H3,(H,10,12)(H,13,14). The third-order valence-electron chi connectivity index (χ3n) is 1.65. The van der Waals surface area contributed by atoms with E-state index in [1.54, 1.807) is 0 Å². The number of nitrogens with one attached hydrogen (secondary N) is 1. The first-order chi connectivity index (χ1) is 7.06. The molecule has 5 nitrogen and oxygen atoms in total. The molecule has 0 rings (SSSR count). The SMILES string of the molecule is CC(CO)SCC(=O)NCCCC(=O)O. The normalized spacial score (nSPS) is 12.1. The molecule has 0 aliphatic rings. The zero-order valence-electron chi connectivity index (χ0n) is 8.73. The molecule has 0 saturated carbocycles. The molecule has 0 fully saturated rings. The van der Waals surface area contributed by atoms with Crippen LogP contribution in [0.15, 0.2) is 0 Å².